The zero-order chi connectivity index (χ0) is 10.8. The summed E-state index contributed by atoms with van der Waals surface area (Å²) in [6.07, 6.45) is 0.743. The van der Waals surface area contributed by atoms with Crippen LogP contribution in [0, 0.1) is 5.41 Å². The third-order valence-electron chi connectivity index (χ3n) is 1.68. The normalized spacial score (nSPS) is 11.7. The quantitative estimate of drug-likeness (QED) is 0.767. The largest absolute Gasteiger partial charge is 0.311 e. The Bertz CT molecular complexity index is 365. The van der Waals surface area contributed by atoms with Gasteiger partial charge in [0.05, 0.1) is 11.6 Å². The summed E-state index contributed by atoms with van der Waals surface area (Å²) in [7, 11) is 0. The number of H-pyrrole nitrogens is 1. The topological polar surface area (TPSA) is 45.8 Å². The maximum absolute atomic E-state index is 11.2. The van der Waals surface area contributed by atoms with E-state index in [2.05, 4.69) is 30.7 Å². The molecule has 78 valence electrons. The van der Waals surface area contributed by atoms with Crippen molar-refractivity contribution in [1.82, 2.24) is 9.97 Å². The van der Waals surface area contributed by atoms with Gasteiger partial charge in [-0.15, -0.1) is 11.6 Å². The van der Waals surface area contributed by atoms with Gasteiger partial charge >= 0.3 is 0 Å². The highest BCUT2D eigenvalue weighted by Crippen LogP contribution is 2.17. The van der Waals surface area contributed by atoms with Gasteiger partial charge in [0, 0.05) is 12.5 Å². The van der Waals surface area contributed by atoms with Crippen LogP contribution in [0.15, 0.2) is 10.9 Å². The van der Waals surface area contributed by atoms with Gasteiger partial charge in [0.1, 0.15) is 5.82 Å². The van der Waals surface area contributed by atoms with Gasteiger partial charge in [-0.05, 0) is 5.41 Å². The number of hydrogen-bond donors (Lipinski definition) is 1. The molecule has 3 nitrogen and oxygen atoms in total. The van der Waals surface area contributed by atoms with Crippen LogP contribution in [-0.2, 0) is 12.3 Å². The van der Waals surface area contributed by atoms with Crippen LogP contribution in [-0.4, -0.2) is 9.97 Å². The summed E-state index contributed by atoms with van der Waals surface area (Å²) in [5, 5.41) is 0. The van der Waals surface area contributed by atoms with Gasteiger partial charge in [0.2, 0.25) is 0 Å². The molecule has 1 heterocycles. The zero-order valence-electron chi connectivity index (χ0n) is 8.72. The number of aromatic nitrogens is 2. The van der Waals surface area contributed by atoms with Crippen molar-refractivity contribution in [1.29, 1.82) is 0 Å². The number of nitrogens with zero attached hydrogens (tertiary/aromatic N) is 1. The van der Waals surface area contributed by atoms with Crippen LogP contribution < -0.4 is 5.56 Å². The van der Waals surface area contributed by atoms with Crippen molar-refractivity contribution in [3.63, 3.8) is 0 Å². The minimum Gasteiger partial charge on any atom is -0.311 e. The number of aromatic amines is 1. The molecule has 0 aliphatic rings. The number of rotatable bonds is 2. The Kier molecular flexibility index (Phi) is 3.32. The smallest absolute Gasteiger partial charge is 0.251 e. The summed E-state index contributed by atoms with van der Waals surface area (Å²) < 4.78 is 0. The Morgan fingerprint density at radius 3 is 2.64 bits per heavy atom. The van der Waals surface area contributed by atoms with Gasteiger partial charge in [0.25, 0.3) is 5.56 Å². The van der Waals surface area contributed by atoms with Gasteiger partial charge in [-0.3, -0.25) is 4.79 Å². The molecule has 1 aromatic heterocycles. The molecular weight excluding hydrogens is 200 g/mol. The van der Waals surface area contributed by atoms with E-state index in [0.29, 0.717) is 11.5 Å². The highest BCUT2D eigenvalue weighted by molar-refractivity contribution is 6.16. The molecule has 4 heteroatoms. The highest BCUT2D eigenvalue weighted by atomic mass is 35.5. The summed E-state index contributed by atoms with van der Waals surface area (Å²) in [5.74, 6) is 0.988. The number of alkyl halides is 1. The highest BCUT2D eigenvalue weighted by Gasteiger charge is 2.13. The van der Waals surface area contributed by atoms with Crippen molar-refractivity contribution in [2.45, 2.75) is 33.1 Å². The Labute approximate surface area is 88.5 Å². The lowest BCUT2D eigenvalue weighted by atomic mass is 9.92. The van der Waals surface area contributed by atoms with E-state index in [0.717, 1.165) is 6.42 Å². The molecule has 0 atom stereocenters. The van der Waals surface area contributed by atoms with Crippen molar-refractivity contribution in [2.24, 2.45) is 5.41 Å². The number of nitrogens with one attached hydrogen (secondary N) is 1. The SMILES string of the molecule is CC(C)(C)Cc1nc(CCl)cc(=O)[nH]1. The first-order valence-corrected chi connectivity index (χ1v) is 5.09. The number of halogens is 1. The second-order valence-electron chi connectivity index (χ2n) is 4.55. The van der Waals surface area contributed by atoms with E-state index in [4.69, 9.17) is 11.6 Å². The molecule has 0 fully saturated rings. The van der Waals surface area contributed by atoms with Crippen molar-refractivity contribution in [3.8, 4) is 0 Å². The lowest BCUT2D eigenvalue weighted by Crippen LogP contribution is -2.18. The van der Waals surface area contributed by atoms with E-state index < -0.39 is 0 Å². The van der Waals surface area contributed by atoms with Crippen LogP contribution in [0.25, 0.3) is 0 Å². The molecule has 1 rings (SSSR count). The zero-order valence-corrected chi connectivity index (χ0v) is 9.48. The van der Waals surface area contributed by atoms with E-state index in [9.17, 15) is 4.79 Å². The van der Waals surface area contributed by atoms with E-state index >= 15 is 0 Å². The van der Waals surface area contributed by atoms with Crippen LogP contribution in [0.1, 0.15) is 32.3 Å². The Morgan fingerprint density at radius 2 is 2.14 bits per heavy atom. The fourth-order valence-corrected chi connectivity index (χ4v) is 1.35. The summed E-state index contributed by atoms with van der Waals surface area (Å²) in [6.45, 7) is 6.29. The van der Waals surface area contributed by atoms with Gasteiger partial charge in [-0.1, -0.05) is 20.8 Å². The summed E-state index contributed by atoms with van der Waals surface area (Å²) >= 11 is 5.63. The Morgan fingerprint density at radius 1 is 1.50 bits per heavy atom. The molecule has 0 radical (unpaired) electrons. The third-order valence-corrected chi connectivity index (χ3v) is 1.95. The minimum absolute atomic E-state index is 0.112. The van der Waals surface area contributed by atoms with E-state index in [-0.39, 0.29) is 16.9 Å². The van der Waals surface area contributed by atoms with Gasteiger partial charge < -0.3 is 4.98 Å². The molecule has 0 spiro atoms. The van der Waals surface area contributed by atoms with Crippen LogP contribution in [0.2, 0.25) is 0 Å². The summed E-state index contributed by atoms with van der Waals surface area (Å²) in [6, 6.07) is 1.43. The van der Waals surface area contributed by atoms with Crippen molar-refractivity contribution in [2.75, 3.05) is 0 Å². The minimum atomic E-state index is -0.130. The maximum atomic E-state index is 11.2. The summed E-state index contributed by atoms with van der Waals surface area (Å²) in [4.78, 5) is 18.2. The van der Waals surface area contributed by atoms with Crippen LogP contribution in [0.4, 0.5) is 0 Å². The molecule has 0 saturated carbocycles. The standard InChI is InChI=1S/C10H15ClN2O/c1-10(2,3)5-8-12-7(6-11)4-9(14)13-8/h4H,5-6H2,1-3H3,(H,12,13,14). The monoisotopic (exact) mass is 214 g/mol. The Balaban J connectivity index is 2.98. The molecule has 0 saturated heterocycles. The van der Waals surface area contributed by atoms with Crippen molar-refractivity contribution >= 4 is 11.6 Å². The van der Waals surface area contributed by atoms with Crippen LogP contribution >= 0.6 is 11.6 Å². The predicted molar refractivity (Wildman–Crippen MR) is 57.6 cm³/mol. The second kappa shape index (κ2) is 4.13. The first-order valence-electron chi connectivity index (χ1n) is 4.56. The van der Waals surface area contributed by atoms with Crippen LogP contribution in [0.5, 0.6) is 0 Å². The van der Waals surface area contributed by atoms with Crippen molar-refractivity contribution in [3.05, 3.63) is 27.9 Å². The third kappa shape index (κ3) is 3.50. The maximum Gasteiger partial charge on any atom is 0.251 e. The van der Waals surface area contributed by atoms with Gasteiger partial charge in [-0.25, -0.2) is 4.98 Å². The second-order valence-corrected chi connectivity index (χ2v) is 4.82. The lowest BCUT2D eigenvalue weighted by Gasteiger charge is -2.16. The average molecular weight is 215 g/mol. The summed E-state index contributed by atoms with van der Waals surface area (Å²) in [5.41, 5.74) is 0.616. The number of hydrogen-bond acceptors (Lipinski definition) is 2. The lowest BCUT2D eigenvalue weighted by molar-refractivity contribution is 0.399. The predicted octanol–water partition coefficient (Wildman–Crippen LogP) is 2.10. The van der Waals surface area contributed by atoms with Crippen LogP contribution in [0.3, 0.4) is 0 Å². The molecule has 0 aliphatic carbocycles. The van der Waals surface area contributed by atoms with E-state index in [1.165, 1.54) is 6.07 Å². The van der Waals surface area contributed by atoms with Crippen molar-refractivity contribution < 1.29 is 0 Å². The molecule has 1 aromatic rings. The molecule has 0 aliphatic heterocycles. The molecule has 0 amide bonds. The van der Waals surface area contributed by atoms with Gasteiger partial charge in [-0.2, -0.15) is 0 Å². The molecular formula is C10H15ClN2O. The molecule has 0 bridgehead atoms. The fourth-order valence-electron chi connectivity index (χ4n) is 1.22. The average Bonchev–Trinajstić information content (AvgIpc) is 1.99. The molecule has 0 unspecified atom stereocenters. The van der Waals surface area contributed by atoms with Gasteiger partial charge in [0.15, 0.2) is 0 Å². The fraction of sp³-hybridized carbons (Fsp3) is 0.600. The molecule has 14 heavy (non-hydrogen) atoms. The molecule has 0 aromatic carbocycles. The first kappa shape index (κ1) is 11.2. The Hall–Kier alpha value is -0.830. The molecule has 1 N–H and O–H groups in total. The van der Waals surface area contributed by atoms with E-state index in [1.54, 1.807) is 0 Å². The van der Waals surface area contributed by atoms with E-state index in [1.807, 2.05) is 0 Å². The first-order chi connectivity index (χ1) is 6.40.